The maximum atomic E-state index is 12.5. The lowest BCUT2D eigenvalue weighted by Gasteiger charge is -2.19. The van der Waals surface area contributed by atoms with Crippen molar-refractivity contribution in [1.82, 2.24) is 0 Å². The standard InChI is InChI=1S/C18H23NO2S/c1-5-14-7-6-8-16(13-14)19-22(20,21)17-11-9-15(10-12-17)18(2,3)4/h6-13,19H,5H2,1-4H3. The number of hydrogen-bond donors (Lipinski definition) is 1. The van der Waals surface area contributed by atoms with Gasteiger partial charge >= 0.3 is 0 Å². The lowest BCUT2D eigenvalue weighted by Crippen LogP contribution is -2.15. The Hall–Kier alpha value is -1.81. The number of hydrogen-bond acceptors (Lipinski definition) is 2. The van der Waals surface area contributed by atoms with Gasteiger partial charge in [0.1, 0.15) is 0 Å². The van der Waals surface area contributed by atoms with E-state index in [9.17, 15) is 8.42 Å². The Morgan fingerprint density at radius 3 is 2.18 bits per heavy atom. The lowest BCUT2D eigenvalue weighted by molar-refractivity contribution is 0.587. The van der Waals surface area contributed by atoms with Crippen molar-refractivity contribution in [2.45, 2.75) is 44.4 Å². The van der Waals surface area contributed by atoms with Crippen LogP contribution in [0.2, 0.25) is 0 Å². The summed E-state index contributed by atoms with van der Waals surface area (Å²) in [4.78, 5) is 0.280. The summed E-state index contributed by atoms with van der Waals surface area (Å²) >= 11 is 0. The molecular formula is C18H23NO2S. The minimum Gasteiger partial charge on any atom is -0.280 e. The molecule has 4 heteroatoms. The summed E-state index contributed by atoms with van der Waals surface area (Å²) in [6.45, 7) is 8.35. The first kappa shape index (κ1) is 16.6. The van der Waals surface area contributed by atoms with Crippen LogP contribution in [0.1, 0.15) is 38.8 Å². The van der Waals surface area contributed by atoms with Crippen LogP contribution in [0.25, 0.3) is 0 Å². The van der Waals surface area contributed by atoms with Gasteiger partial charge in [-0.1, -0.05) is 52.0 Å². The van der Waals surface area contributed by atoms with Crippen LogP contribution in [0.4, 0.5) is 5.69 Å². The average Bonchev–Trinajstić information content (AvgIpc) is 2.46. The Morgan fingerprint density at radius 2 is 1.64 bits per heavy atom. The molecule has 118 valence electrons. The Morgan fingerprint density at radius 1 is 1.00 bits per heavy atom. The zero-order chi connectivity index (χ0) is 16.4. The lowest BCUT2D eigenvalue weighted by atomic mass is 9.87. The quantitative estimate of drug-likeness (QED) is 0.911. The molecule has 0 bridgehead atoms. The second kappa shape index (κ2) is 6.13. The van der Waals surface area contributed by atoms with Crippen molar-refractivity contribution < 1.29 is 8.42 Å². The van der Waals surface area contributed by atoms with Gasteiger partial charge in [-0.15, -0.1) is 0 Å². The minimum atomic E-state index is -3.55. The van der Waals surface area contributed by atoms with E-state index in [4.69, 9.17) is 0 Å². The first-order valence-electron chi connectivity index (χ1n) is 7.44. The van der Waals surface area contributed by atoms with Crippen molar-refractivity contribution in [3.05, 3.63) is 59.7 Å². The molecule has 0 unspecified atom stereocenters. The molecule has 2 aromatic carbocycles. The Bertz CT molecular complexity index is 741. The summed E-state index contributed by atoms with van der Waals surface area (Å²) in [5.41, 5.74) is 2.81. The molecule has 22 heavy (non-hydrogen) atoms. The van der Waals surface area contributed by atoms with Crippen LogP contribution in [0.15, 0.2) is 53.4 Å². The van der Waals surface area contributed by atoms with E-state index in [-0.39, 0.29) is 10.3 Å². The van der Waals surface area contributed by atoms with E-state index in [1.807, 2.05) is 37.3 Å². The minimum absolute atomic E-state index is 0.00514. The average molecular weight is 317 g/mol. The zero-order valence-electron chi connectivity index (χ0n) is 13.6. The van der Waals surface area contributed by atoms with Crippen LogP contribution in [0, 0.1) is 0 Å². The summed E-state index contributed by atoms with van der Waals surface area (Å²) in [6, 6.07) is 14.5. The number of anilines is 1. The van der Waals surface area contributed by atoms with Crippen LogP contribution in [-0.2, 0) is 21.9 Å². The normalized spacial score (nSPS) is 12.2. The number of aryl methyl sites for hydroxylation is 1. The first-order valence-corrected chi connectivity index (χ1v) is 8.93. The number of sulfonamides is 1. The molecule has 0 aliphatic carbocycles. The van der Waals surface area contributed by atoms with Crippen molar-refractivity contribution >= 4 is 15.7 Å². The van der Waals surface area contributed by atoms with E-state index in [2.05, 4.69) is 25.5 Å². The maximum absolute atomic E-state index is 12.5. The third kappa shape index (κ3) is 3.89. The predicted octanol–water partition coefficient (Wildman–Crippen LogP) is 4.35. The summed E-state index contributed by atoms with van der Waals surface area (Å²) < 4.78 is 27.5. The number of benzene rings is 2. The fourth-order valence-electron chi connectivity index (χ4n) is 2.20. The number of rotatable bonds is 4. The molecular weight excluding hydrogens is 294 g/mol. The maximum Gasteiger partial charge on any atom is 0.261 e. The highest BCUT2D eigenvalue weighted by Gasteiger charge is 2.17. The SMILES string of the molecule is CCc1cccc(NS(=O)(=O)c2ccc(C(C)(C)C)cc2)c1. The largest absolute Gasteiger partial charge is 0.280 e. The van der Waals surface area contributed by atoms with E-state index in [1.165, 1.54) is 0 Å². The molecule has 0 spiro atoms. The zero-order valence-corrected chi connectivity index (χ0v) is 14.4. The van der Waals surface area contributed by atoms with Crippen molar-refractivity contribution in [3.8, 4) is 0 Å². The van der Waals surface area contributed by atoms with Gasteiger partial charge in [0, 0.05) is 5.69 Å². The van der Waals surface area contributed by atoms with Gasteiger partial charge in [0.2, 0.25) is 0 Å². The Labute approximate surface area is 133 Å². The van der Waals surface area contributed by atoms with Crippen molar-refractivity contribution in [2.75, 3.05) is 4.72 Å². The molecule has 0 aromatic heterocycles. The summed E-state index contributed by atoms with van der Waals surface area (Å²) in [7, 11) is -3.55. The molecule has 0 radical (unpaired) electrons. The second-order valence-electron chi connectivity index (χ2n) is 6.43. The van der Waals surface area contributed by atoms with Crippen LogP contribution in [-0.4, -0.2) is 8.42 Å². The Balaban J connectivity index is 2.26. The van der Waals surface area contributed by atoms with Crippen LogP contribution < -0.4 is 4.72 Å². The molecule has 1 N–H and O–H groups in total. The topological polar surface area (TPSA) is 46.2 Å². The van der Waals surface area contributed by atoms with Crippen molar-refractivity contribution in [2.24, 2.45) is 0 Å². The fraction of sp³-hybridized carbons (Fsp3) is 0.333. The molecule has 2 rings (SSSR count). The fourth-order valence-corrected chi connectivity index (χ4v) is 3.25. The molecule has 3 nitrogen and oxygen atoms in total. The number of nitrogens with one attached hydrogen (secondary N) is 1. The third-order valence-corrected chi connectivity index (χ3v) is 5.02. The van der Waals surface area contributed by atoms with Gasteiger partial charge in [-0.3, -0.25) is 4.72 Å². The van der Waals surface area contributed by atoms with E-state index in [0.717, 1.165) is 17.5 Å². The van der Waals surface area contributed by atoms with Crippen LogP contribution >= 0.6 is 0 Å². The molecule has 0 amide bonds. The predicted molar refractivity (Wildman–Crippen MR) is 91.8 cm³/mol. The summed E-state index contributed by atoms with van der Waals surface area (Å²) in [5.74, 6) is 0. The third-order valence-electron chi connectivity index (χ3n) is 3.62. The van der Waals surface area contributed by atoms with Gasteiger partial charge in [-0.2, -0.15) is 0 Å². The Kier molecular flexibility index (Phi) is 4.61. The van der Waals surface area contributed by atoms with Gasteiger partial charge in [0.05, 0.1) is 4.90 Å². The smallest absolute Gasteiger partial charge is 0.261 e. The first-order chi connectivity index (χ1) is 10.2. The van der Waals surface area contributed by atoms with Gasteiger partial charge < -0.3 is 0 Å². The highest BCUT2D eigenvalue weighted by atomic mass is 32.2. The molecule has 0 atom stereocenters. The van der Waals surface area contributed by atoms with Gasteiger partial charge in [0.25, 0.3) is 10.0 Å². The van der Waals surface area contributed by atoms with Gasteiger partial charge in [-0.25, -0.2) is 8.42 Å². The molecule has 0 fully saturated rings. The monoisotopic (exact) mass is 317 g/mol. The van der Waals surface area contributed by atoms with Crippen LogP contribution in [0.5, 0.6) is 0 Å². The van der Waals surface area contributed by atoms with Crippen molar-refractivity contribution in [1.29, 1.82) is 0 Å². The highest BCUT2D eigenvalue weighted by Crippen LogP contribution is 2.24. The highest BCUT2D eigenvalue weighted by molar-refractivity contribution is 7.92. The molecule has 0 aliphatic heterocycles. The van der Waals surface area contributed by atoms with E-state index >= 15 is 0 Å². The molecule has 0 heterocycles. The van der Waals surface area contributed by atoms with E-state index < -0.39 is 10.0 Å². The molecule has 0 saturated heterocycles. The van der Waals surface area contributed by atoms with E-state index in [1.54, 1.807) is 18.2 Å². The molecule has 0 aliphatic rings. The van der Waals surface area contributed by atoms with Crippen molar-refractivity contribution in [3.63, 3.8) is 0 Å². The summed E-state index contributed by atoms with van der Waals surface area (Å²) in [5, 5.41) is 0. The van der Waals surface area contributed by atoms with Gasteiger partial charge in [0.15, 0.2) is 0 Å². The molecule has 2 aromatic rings. The second-order valence-corrected chi connectivity index (χ2v) is 8.12. The van der Waals surface area contributed by atoms with Gasteiger partial charge in [-0.05, 0) is 47.2 Å². The summed E-state index contributed by atoms with van der Waals surface area (Å²) in [6.07, 6.45) is 0.871. The van der Waals surface area contributed by atoms with E-state index in [0.29, 0.717) is 5.69 Å². The van der Waals surface area contributed by atoms with Crippen LogP contribution in [0.3, 0.4) is 0 Å². The molecule has 0 saturated carbocycles.